The number of urea groups is 1. The minimum Gasteiger partial charge on any atom is -0.413 e. The maximum atomic E-state index is 13.5. The van der Waals surface area contributed by atoms with Crippen molar-refractivity contribution in [1.82, 2.24) is 24.9 Å². The fraction of sp³-hybridized carbons (Fsp3) is 0.435. The number of nitrogens with zero attached hydrogens (tertiary/aromatic N) is 5. The molecule has 2 heterocycles. The van der Waals surface area contributed by atoms with E-state index in [0.717, 1.165) is 31.5 Å². The number of amides is 2. The molecule has 2 amide bonds. The number of carbonyl (C=O) groups is 1. The molecule has 1 atom stereocenters. The molecule has 1 aliphatic carbocycles. The number of halogens is 3. The van der Waals surface area contributed by atoms with Crippen LogP contribution in [0.15, 0.2) is 53.0 Å². The molecule has 2 aromatic rings. The fourth-order valence-corrected chi connectivity index (χ4v) is 3.95. The Morgan fingerprint density at radius 1 is 1.12 bits per heavy atom. The fourth-order valence-electron chi connectivity index (χ4n) is 3.95. The number of hydrogen-bond acceptors (Lipinski definition) is 5. The Bertz CT molecular complexity index is 1020. The maximum absolute atomic E-state index is 13.5. The van der Waals surface area contributed by atoms with E-state index in [4.69, 9.17) is 4.42 Å². The van der Waals surface area contributed by atoms with Gasteiger partial charge in [0.2, 0.25) is 5.89 Å². The molecule has 176 valence electrons. The summed E-state index contributed by atoms with van der Waals surface area (Å²) in [4.78, 5) is 19.5. The number of rotatable bonds is 4. The average molecular weight is 461 g/mol. The molecule has 1 aromatic carbocycles. The van der Waals surface area contributed by atoms with Crippen LogP contribution in [0.2, 0.25) is 0 Å². The van der Waals surface area contributed by atoms with E-state index in [0.29, 0.717) is 25.2 Å². The van der Waals surface area contributed by atoms with E-state index in [9.17, 15) is 18.0 Å². The van der Waals surface area contributed by atoms with E-state index in [1.165, 1.54) is 0 Å². The Labute approximate surface area is 190 Å². The second-order valence-corrected chi connectivity index (χ2v) is 8.28. The molecule has 1 aromatic heterocycles. The van der Waals surface area contributed by atoms with Crippen molar-refractivity contribution in [2.75, 3.05) is 33.2 Å². The highest BCUT2D eigenvalue weighted by Crippen LogP contribution is 2.30. The van der Waals surface area contributed by atoms with Crippen LogP contribution in [0.4, 0.5) is 18.0 Å². The zero-order chi connectivity index (χ0) is 23.4. The number of carbonyl (C=O) groups excluding carboxylic acids is 1. The summed E-state index contributed by atoms with van der Waals surface area (Å²) in [5, 5.41) is 6.56. The summed E-state index contributed by atoms with van der Waals surface area (Å²) >= 11 is 0. The molecule has 7 nitrogen and oxygen atoms in total. The summed E-state index contributed by atoms with van der Waals surface area (Å²) in [6, 6.07) is 6.73. The maximum Gasteiger partial charge on any atom is 0.470 e. The summed E-state index contributed by atoms with van der Waals surface area (Å²) in [6.45, 7) is 3.56. The number of aromatic nitrogens is 2. The van der Waals surface area contributed by atoms with Crippen LogP contribution in [0.25, 0.3) is 11.5 Å². The van der Waals surface area contributed by atoms with Crippen molar-refractivity contribution in [2.45, 2.75) is 31.6 Å². The van der Waals surface area contributed by atoms with Gasteiger partial charge in [-0.3, -0.25) is 0 Å². The van der Waals surface area contributed by atoms with Crippen molar-refractivity contribution >= 4 is 6.03 Å². The Kier molecular flexibility index (Phi) is 6.83. The standard InChI is InChI=1S/C23H26F3N5O2/c1-29-12-5-13-30(15-14-29)22(32)31(19-6-3-2-4-7-19)16-17-8-10-18(11-9-17)20-27-28-21(33-20)23(24,25)26/h2-4,6,8-11,19H,5,7,12-16H2,1H3. The van der Waals surface area contributed by atoms with Crippen LogP contribution in [0.5, 0.6) is 0 Å². The lowest BCUT2D eigenvalue weighted by Gasteiger charge is -2.35. The van der Waals surface area contributed by atoms with Crippen LogP contribution in [-0.4, -0.2) is 70.2 Å². The highest BCUT2D eigenvalue weighted by atomic mass is 19.4. The molecule has 1 unspecified atom stereocenters. The number of hydrogen-bond donors (Lipinski definition) is 0. The monoisotopic (exact) mass is 461 g/mol. The predicted molar refractivity (Wildman–Crippen MR) is 116 cm³/mol. The van der Waals surface area contributed by atoms with Crippen LogP contribution in [0, 0.1) is 0 Å². The van der Waals surface area contributed by atoms with Crippen molar-refractivity contribution in [1.29, 1.82) is 0 Å². The van der Waals surface area contributed by atoms with Crippen LogP contribution >= 0.6 is 0 Å². The van der Waals surface area contributed by atoms with Gasteiger partial charge in [0.15, 0.2) is 0 Å². The van der Waals surface area contributed by atoms with E-state index in [1.54, 1.807) is 24.3 Å². The van der Waals surface area contributed by atoms with Crippen LogP contribution in [0.1, 0.15) is 24.3 Å². The molecule has 0 spiro atoms. The van der Waals surface area contributed by atoms with Crippen molar-refractivity contribution in [3.8, 4) is 11.5 Å². The van der Waals surface area contributed by atoms with E-state index in [-0.39, 0.29) is 18.0 Å². The number of likely N-dealkylation sites (N-methyl/N-ethyl adjacent to an activating group) is 1. The number of alkyl halides is 3. The zero-order valence-corrected chi connectivity index (χ0v) is 18.3. The molecule has 0 N–H and O–H groups in total. The molecule has 4 rings (SSSR count). The third kappa shape index (κ3) is 5.62. The summed E-state index contributed by atoms with van der Waals surface area (Å²) in [6.07, 6.45) is 4.95. The smallest absolute Gasteiger partial charge is 0.413 e. The van der Waals surface area contributed by atoms with Gasteiger partial charge in [-0.05, 0) is 44.1 Å². The Hall–Kier alpha value is -3.14. The minimum atomic E-state index is -4.68. The summed E-state index contributed by atoms with van der Waals surface area (Å²) < 4.78 is 42.9. The van der Waals surface area contributed by atoms with Gasteiger partial charge >= 0.3 is 18.1 Å². The van der Waals surface area contributed by atoms with Gasteiger partial charge in [-0.25, -0.2) is 4.79 Å². The van der Waals surface area contributed by atoms with Crippen LogP contribution < -0.4 is 0 Å². The summed E-state index contributed by atoms with van der Waals surface area (Å²) in [5.74, 6) is -1.57. The Morgan fingerprint density at radius 2 is 1.91 bits per heavy atom. The van der Waals surface area contributed by atoms with Crippen molar-refractivity contribution in [2.24, 2.45) is 0 Å². The molecule has 2 aliphatic rings. The van der Waals surface area contributed by atoms with Crippen LogP contribution in [-0.2, 0) is 12.7 Å². The summed E-state index contributed by atoms with van der Waals surface area (Å²) in [7, 11) is 2.06. The number of benzene rings is 1. The minimum absolute atomic E-state index is 0.00829. The molecule has 1 saturated heterocycles. The Balaban J connectivity index is 1.51. The van der Waals surface area contributed by atoms with E-state index >= 15 is 0 Å². The molecule has 33 heavy (non-hydrogen) atoms. The first-order chi connectivity index (χ1) is 15.8. The van der Waals surface area contributed by atoms with Gasteiger partial charge in [0.05, 0.1) is 6.04 Å². The van der Waals surface area contributed by atoms with E-state index < -0.39 is 12.1 Å². The topological polar surface area (TPSA) is 65.7 Å². The van der Waals surface area contributed by atoms with Crippen molar-refractivity contribution < 1.29 is 22.4 Å². The largest absolute Gasteiger partial charge is 0.470 e. The predicted octanol–water partition coefficient (Wildman–Crippen LogP) is 4.20. The zero-order valence-electron chi connectivity index (χ0n) is 18.3. The number of allylic oxidation sites excluding steroid dienone is 2. The normalized spacial score (nSPS) is 19.5. The van der Waals surface area contributed by atoms with Gasteiger partial charge in [0, 0.05) is 31.7 Å². The Morgan fingerprint density at radius 3 is 2.58 bits per heavy atom. The third-order valence-electron chi connectivity index (χ3n) is 5.82. The molecule has 0 saturated carbocycles. The summed E-state index contributed by atoms with van der Waals surface area (Å²) in [5.41, 5.74) is 1.24. The second-order valence-electron chi connectivity index (χ2n) is 8.28. The lowest BCUT2D eigenvalue weighted by atomic mass is 10.1. The van der Waals surface area contributed by atoms with E-state index in [1.807, 2.05) is 34.1 Å². The van der Waals surface area contributed by atoms with Gasteiger partial charge in [0.25, 0.3) is 0 Å². The first kappa shape index (κ1) is 23.0. The first-order valence-corrected chi connectivity index (χ1v) is 10.9. The molecular weight excluding hydrogens is 435 g/mol. The van der Waals surface area contributed by atoms with Gasteiger partial charge in [-0.1, -0.05) is 36.4 Å². The molecule has 0 bridgehead atoms. The van der Waals surface area contributed by atoms with Crippen molar-refractivity contribution in [3.05, 3.63) is 60.0 Å². The quantitative estimate of drug-likeness (QED) is 0.683. The highest BCUT2D eigenvalue weighted by molar-refractivity contribution is 5.75. The molecular formula is C23H26F3N5O2. The van der Waals surface area contributed by atoms with Crippen LogP contribution in [0.3, 0.4) is 0 Å². The van der Waals surface area contributed by atoms with Gasteiger partial charge in [-0.15, -0.1) is 10.2 Å². The lowest BCUT2D eigenvalue weighted by Crippen LogP contribution is -2.48. The SMILES string of the molecule is CN1CCCN(C(=O)N(Cc2ccc(-c3nnc(C(F)(F)F)o3)cc2)C2C=CC=CC2)CC1. The molecule has 1 aliphatic heterocycles. The molecule has 0 radical (unpaired) electrons. The second kappa shape index (κ2) is 9.78. The highest BCUT2D eigenvalue weighted by Gasteiger charge is 2.38. The van der Waals surface area contributed by atoms with Gasteiger partial charge < -0.3 is 19.1 Å². The first-order valence-electron chi connectivity index (χ1n) is 10.9. The lowest BCUT2D eigenvalue weighted by molar-refractivity contribution is -0.156. The third-order valence-corrected chi connectivity index (χ3v) is 5.82. The molecule has 10 heteroatoms. The average Bonchev–Trinajstić information content (AvgIpc) is 3.22. The van der Waals surface area contributed by atoms with Gasteiger partial charge in [0.1, 0.15) is 0 Å². The molecule has 1 fully saturated rings. The van der Waals surface area contributed by atoms with E-state index in [2.05, 4.69) is 22.1 Å². The van der Waals surface area contributed by atoms with Crippen molar-refractivity contribution in [3.63, 3.8) is 0 Å². The van der Waals surface area contributed by atoms with Gasteiger partial charge in [-0.2, -0.15) is 13.2 Å².